The van der Waals surface area contributed by atoms with Crippen molar-refractivity contribution in [3.8, 4) is 0 Å². The van der Waals surface area contributed by atoms with E-state index in [1.165, 1.54) is 4.88 Å². The Morgan fingerprint density at radius 3 is 2.79 bits per heavy atom. The van der Waals surface area contributed by atoms with Crippen LogP contribution >= 0.6 is 45.9 Å². The third-order valence-corrected chi connectivity index (χ3v) is 4.85. The molecule has 0 saturated carbocycles. The van der Waals surface area contributed by atoms with Gasteiger partial charge in [-0.1, -0.05) is 11.6 Å². The molecule has 0 aliphatic rings. The normalized spacial score (nSPS) is 11.1. The second kappa shape index (κ2) is 5.25. The Balaban J connectivity index is 1.96. The molecule has 0 spiro atoms. The van der Waals surface area contributed by atoms with Crippen LogP contribution in [0.25, 0.3) is 10.2 Å². The lowest BCUT2D eigenvalue weighted by molar-refractivity contribution is 0.915. The molecule has 0 aliphatic heterocycles. The van der Waals surface area contributed by atoms with Gasteiger partial charge in [0.15, 0.2) is 0 Å². The fraction of sp³-hybridized carbons (Fsp3) is 0.167. The Hall–Kier alpha value is -0.880. The second-order valence-electron chi connectivity index (χ2n) is 4.02. The summed E-state index contributed by atoms with van der Waals surface area (Å²) in [5.41, 5.74) is 0. The van der Waals surface area contributed by atoms with Gasteiger partial charge in [0.2, 0.25) is 5.28 Å². The zero-order valence-corrected chi connectivity index (χ0v) is 13.1. The van der Waals surface area contributed by atoms with Crippen molar-refractivity contribution >= 4 is 61.9 Å². The number of rotatable bonds is 3. The lowest BCUT2D eigenvalue weighted by Crippen LogP contribution is -2.17. The highest BCUT2D eigenvalue weighted by molar-refractivity contribution is 7.17. The van der Waals surface area contributed by atoms with E-state index in [1.807, 2.05) is 30.6 Å². The number of anilines is 1. The van der Waals surface area contributed by atoms with E-state index in [9.17, 15) is 0 Å². The lowest BCUT2D eigenvalue weighted by Gasteiger charge is -2.18. The van der Waals surface area contributed by atoms with E-state index >= 15 is 0 Å². The molecular formula is C12H9Cl2N3S2. The molecular weight excluding hydrogens is 321 g/mol. The number of fused-ring (bicyclic) bond motifs is 1. The maximum atomic E-state index is 5.97. The Morgan fingerprint density at radius 1 is 1.21 bits per heavy atom. The minimum absolute atomic E-state index is 0.279. The first-order valence-corrected chi connectivity index (χ1v) is 7.95. The first kappa shape index (κ1) is 13.1. The molecule has 0 unspecified atom stereocenters. The van der Waals surface area contributed by atoms with E-state index in [0.717, 1.165) is 26.9 Å². The van der Waals surface area contributed by atoms with Gasteiger partial charge in [0.1, 0.15) is 10.6 Å². The summed E-state index contributed by atoms with van der Waals surface area (Å²) in [5.74, 6) is 0.848. The van der Waals surface area contributed by atoms with Gasteiger partial charge in [-0.15, -0.1) is 22.7 Å². The van der Waals surface area contributed by atoms with Gasteiger partial charge in [-0.05, 0) is 35.2 Å². The van der Waals surface area contributed by atoms with Gasteiger partial charge < -0.3 is 4.90 Å². The minimum Gasteiger partial charge on any atom is -0.354 e. The van der Waals surface area contributed by atoms with E-state index in [1.54, 1.807) is 22.7 Å². The third-order valence-electron chi connectivity index (χ3n) is 2.66. The summed E-state index contributed by atoms with van der Waals surface area (Å²) in [6.45, 7) is 0.746. The highest BCUT2D eigenvalue weighted by atomic mass is 35.5. The average molecular weight is 330 g/mol. The first-order chi connectivity index (χ1) is 9.13. The molecule has 3 rings (SSSR count). The van der Waals surface area contributed by atoms with Crippen LogP contribution in [0.2, 0.25) is 9.62 Å². The van der Waals surface area contributed by atoms with Crippen molar-refractivity contribution in [1.82, 2.24) is 9.97 Å². The van der Waals surface area contributed by atoms with Crippen LogP contribution in [0.5, 0.6) is 0 Å². The Morgan fingerprint density at radius 2 is 2.05 bits per heavy atom. The quantitative estimate of drug-likeness (QED) is 0.652. The van der Waals surface area contributed by atoms with Gasteiger partial charge in [-0.25, -0.2) is 4.98 Å². The predicted octanol–water partition coefficient (Wildman–Crippen LogP) is 4.70. The number of nitrogens with zero attached hydrogens (tertiary/aromatic N) is 3. The summed E-state index contributed by atoms with van der Waals surface area (Å²) >= 11 is 15.1. The van der Waals surface area contributed by atoms with Gasteiger partial charge in [0, 0.05) is 11.9 Å². The molecule has 0 radical (unpaired) electrons. The molecule has 7 heteroatoms. The van der Waals surface area contributed by atoms with Crippen molar-refractivity contribution in [2.75, 3.05) is 11.9 Å². The van der Waals surface area contributed by atoms with Gasteiger partial charge in [-0.3, -0.25) is 0 Å². The topological polar surface area (TPSA) is 29.0 Å². The van der Waals surface area contributed by atoms with Gasteiger partial charge >= 0.3 is 0 Å². The lowest BCUT2D eigenvalue weighted by atomic mass is 10.3. The van der Waals surface area contributed by atoms with Crippen LogP contribution in [-0.2, 0) is 6.54 Å². The number of thiophene rings is 2. The SMILES string of the molecule is CN(Cc1ccc(Cl)s1)c1nc(Cl)nc2sccc12. The van der Waals surface area contributed by atoms with Crippen molar-refractivity contribution < 1.29 is 0 Å². The molecule has 0 fully saturated rings. The minimum atomic E-state index is 0.279. The fourth-order valence-electron chi connectivity index (χ4n) is 1.85. The van der Waals surface area contributed by atoms with Crippen LogP contribution in [0.4, 0.5) is 5.82 Å². The largest absolute Gasteiger partial charge is 0.354 e. The summed E-state index contributed by atoms with van der Waals surface area (Å²) < 4.78 is 0.796. The van der Waals surface area contributed by atoms with Gasteiger partial charge in [0.05, 0.1) is 16.3 Å². The smallest absolute Gasteiger partial charge is 0.225 e. The van der Waals surface area contributed by atoms with Gasteiger partial charge in [-0.2, -0.15) is 4.98 Å². The van der Waals surface area contributed by atoms with E-state index in [2.05, 4.69) is 14.9 Å². The van der Waals surface area contributed by atoms with E-state index in [4.69, 9.17) is 23.2 Å². The van der Waals surface area contributed by atoms with Crippen LogP contribution in [0.15, 0.2) is 23.6 Å². The van der Waals surface area contributed by atoms with Crippen molar-refractivity contribution in [2.45, 2.75) is 6.54 Å². The maximum absolute atomic E-state index is 5.97. The van der Waals surface area contributed by atoms with E-state index < -0.39 is 0 Å². The predicted molar refractivity (Wildman–Crippen MR) is 83.9 cm³/mol. The zero-order chi connectivity index (χ0) is 13.4. The van der Waals surface area contributed by atoms with Crippen LogP contribution in [-0.4, -0.2) is 17.0 Å². The highest BCUT2D eigenvalue weighted by Gasteiger charge is 2.13. The molecule has 3 heterocycles. The van der Waals surface area contributed by atoms with Crippen molar-refractivity contribution in [3.05, 3.63) is 38.1 Å². The average Bonchev–Trinajstić information content (AvgIpc) is 2.96. The third kappa shape index (κ3) is 2.69. The van der Waals surface area contributed by atoms with Crippen LogP contribution < -0.4 is 4.90 Å². The van der Waals surface area contributed by atoms with Crippen LogP contribution in [0.3, 0.4) is 0 Å². The molecule has 19 heavy (non-hydrogen) atoms. The van der Waals surface area contributed by atoms with Crippen LogP contribution in [0, 0.1) is 0 Å². The summed E-state index contributed by atoms with van der Waals surface area (Å²) in [5, 5.41) is 3.30. The number of hydrogen-bond acceptors (Lipinski definition) is 5. The fourth-order valence-corrected chi connectivity index (χ4v) is 3.97. The number of halogens is 2. The molecule has 0 aliphatic carbocycles. The summed E-state index contributed by atoms with van der Waals surface area (Å²) in [6, 6.07) is 5.95. The zero-order valence-electron chi connectivity index (χ0n) is 9.93. The molecule has 0 aromatic carbocycles. The van der Waals surface area contributed by atoms with Crippen molar-refractivity contribution in [2.24, 2.45) is 0 Å². The van der Waals surface area contributed by atoms with Crippen LogP contribution in [0.1, 0.15) is 4.88 Å². The molecule has 98 valence electrons. The molecule has 0 atom stereocenters. The molecule has 0 amide bonds. The standard InChI is InChI=1S/C12H9Cl2N3S2/c1-17(6-7-2-3-9(13)19-7)10-8-4-5-18-11(8)16-12(14)15-10/h2-5H,6H2,1H3. The Kier molecular flexibility index (Phi) is 3.62. The summed E-state index contributed by atoms with van der Waals surface area (Å²) in [7, 11) is 1.99. The summed E-state index contributed by atoms with van der Waals surface area (Å²) in [4.78, 5) is 12.7. The monoisotopic (exact) mass is 329 g/mol. The Labute approximate surface area is 128 Å². The Bertz CT molecular complexity index is 723. The molecule has 3 aromatic rings. The van der Waals surface area contributed by atoms with E-state index in [-0.39, 0.29) is 5.28 Å². The van der Waals surface area contributed by atoms with Crippen molar-refractivity contribution in [1.29, 1.82) is 0 Å². The maximum Gasteiger partial charge on any atom is 0.225 e. The summed E-state index contributed by atoms with van der Waals surface area (Å²) in [6.07, 6.45) is 0. The molecule has 3 aromatic heterocycles. The molecule has 3 nitrogen and oxygen atoms in total. The first-order valence-electron chi connectivity index (χ1n) is 5.49. The highest BCUT2D eigenvalue weighted by Crippen LogP contribution is 2.30. The van der Waals surface area contributed by atoms with Gasteiger partial charge in [0.25, 0.3) is 0 Å². The second-order valence-corrected chi connectivity index (χ2v) is 7.05. The molecule has 0 bridgehead atoms. The number of aromatic nitrogens is 2. The van der Waals surface area contributed by atoms with E-state index in [0.29, 0.717) is 0 Å². The molecule has 0 N–H and O–H groups in total. The van der Waals surface area contributed by atoms with Crippen molar-refractivity contribution in [3.63, 3.8) is 0 Å². The number of hydrogen-bond donors (Lipinski definition) is 0. The molecule has 0 saturated heterocycles.